The summed E-state index contributed by atoms with van der Waals surface area (Å²) < 4.78 is 6.22. The highest BCUT2D eigenvalue weighted by molar-refractivity contribution is 9.10. The van der Waals surface area contributed by atoms with Crippen LogP contribution in [0.2, 0.25) is 0 Å². The van der Waals surface area contributed by atoms with Crippen molar-refractivity contribution < 1.29 is 29.3 Å². The monoisotopic (exact) mass is 473 g/mol. The van der Waals surface area contributed by atoms with E-state index in [0.717, 1.165) is 4.47 Å². The van der Waals surface area contributed by atoms with E-state index in [1.165, 1.54) is 12.0 Å². The van der Waals surface area contributed by atoms with Gasteiger partial charge in [-0.15, -0.1) is 0 Å². The van der Waals surface area contributed by atoms with Gasteiger partial charge in [0.1, 0.15) is 11.5 Å². The van der Waals surface area contributed by atoms with Crippen molar-refractivity contribution in [3.8, 4) is 5.75 Å². The summed E-state index contributed by atoms with van der Waals surface area (Å²) in [6.07, 6.45) is 0.0285. The van der Waals surface area contributed by atoms with Crippen LogP contribution in [0, 0.1) is 0 Å². The number of carboxylic acid groups (broad SMARTS) is 1. The Morgan fingerprint density at radius 3 is 2.40 bits per heavy atom. The highest BCUT2D eigenvalue weighted by Crippen LogP contribution is 2.42. The molecule has 1 saturated heterocycles. The molecule has 2 aromatic carbocycles. The first kappa shape index (κ1) is 21.6. The number of ketones is 1. The lowest BCUT2D eigenvalue weighted by Crippen LogP contribution is -2.31. The fraction of sp³-hybridized carbons (Fsp3) is 0.227. The number of methoxy groups -OCH3 is 1. The predicted octanol–water partition coefficient (Wildman–Crippen LogP) is 3.74. The Morgan fingerprint density at radius 2 is 1.77 bits per heavy atom. The van der Waals surface area contributed by atoms with Gasteiger partial charge in [-0.25, -0.2) is 0 Å². The number of para-hydroxylation sites is 1. The molecule has 1 heterocycles. The van der Waals surface area contributed by atoms with Gasteiger partial charge < -0.3 is 19.8 Å². The molecule has 0 spiro atoms. The van der Waals surface area contributed by atoms with Crippen LogP contribution in [0.25, 0.3) is 5.76 Å². The summed E-state index contributed by atoms with van der Waals surface area (Å²) in [7, 11) is 1.48. The van der Waals surface area contributed by atoms with Gasteiger partial charge in [0.25, 0.3) is 11.7 Å². The quantitative estimate of drug-likeness (QED) is 0.360. The summed E-state index contributed by atoms with van der Waals surface area (Å²) in [5.41, 5.74) is 0.872. The highest BCUT2D eigenvalue weighted by Gasteiger charge is 2.46. The Labute approximate surface area is 181 Å². The molecule has 8 heteroatoms. The van der Waals surface area contributed by atoms with E-state index in [4.69, 9.17) is 9.84 Å². The van der Waals surface area contributed by atoms with Gasteiger partial charge >= 0.3 is 5.97 Å². The van der Waals surface area contributed by atoms with Crippen LogP contribution < -0.4 is 4.74 Å². The highest BCUT2D eigenvalue weighted by atomic mass is 79.9. The minimum Gasteiger partial charge on any atom is -0.507 e. The standard InChI is InChI=1S/C22H20BrNO6/c1-30-16-6-3-2-5-15(16)19-18(20(27)13-8-10-14(23)11-9-13)21(28)22(29)24(19)12-4-7-17(25)26/h2-3,5-6,8-11,19,27H,4,7,12H2,1H3,(H,25,26)/b20-18-. The number of hydrogen-bond donors (Lipinski definition) is 2. The van der Waals surface area contributed by atoms with Crippen LogP contribution >= 0.6 is 15.9 Å². The number of carbonyl (C=O) groups is 3. The number of rotatable bonds is 7. The molecule has 0 radical (unpaired) electrons. The largest absolute Gasteiger partial charge is 0.507 e. The van der Waals surface area contributed by atoms with Crippen molar-refractivity contribution in [1.29, 1.82) is 0 Å². The summed E-state index contributed by atoms with van der Waals surface area (Å²) >= 11 is 3.33. The Hall–Kier alpha value is -3.13. The molecular formula is C22H20BrNO6. The van der Waals surface area contributed by atoms with Crippen molar-refractivity contribution in [2.45, 2.75) is 18.9 Å². The van der Waals surface area contributed by atoms with E-state index in [0.29, 0.717) is 16.9 Å². The van der Waals surface area contributed by atoms with Gasteiger partial charge in [0.15, 0.2) is 0 Å². The summed E-state index contributed by atoms with van der Waals surface area (Å²) in [5, 5.41) is 19.9. The van der Waals surface area contributed by atoms with Crippen LogP contribution in [-0.2, 0) is 14.4 Å². The molecule has 1 atom stereocenters. The minimum atomic E-state index is -0.990. The third-order valence-corrected chi connectivity index (χ3v) is 5.41. The molecule has 0 aliphatic carbocycles. The second-order valence-corrected chi connectivity index (χ2v) is 7.65. The zero-order valence-electron chi connectivity index (χ0n) is 16.2. The molecule has 7 nitrogen and oxygen atoms in total. The van der Waals surface area contributed by atoms with Gasteiger partial charge in [-0.3, -0.25) is 14.4 Å². The van der Waals surface area contributed by atoms with Crippen molar-refractivity contribution in [2.24, 2.45) is 0 Å². The first-order valence-corrected chi connectivity index (χ1v) is 10.0. The predicted molar refractivity (Wildman–Crippen MR) is 113 cm³/mol. The fourth-order valence-electron chi connectivity index (χ4n) is 3.49. The zero-order valence-corrected chi connectivity index (χ0v) is 17.8. The first-order valence-electron chi connectivity index (χ1n) is 9.24. The van der Waals surface area contributed by atoms with Crippen molar-refractivity contribution in [1.82, 2.24) is 4.90 Å². The number of carboxylic acids is 1. The minimum absolute atomic E-state index is 0.0523. The second kappa shape index (κ2) is 9.13. The molecule has 0 aromatic heterocycles. The number of halogens is 1. The van der Waals surface area contributed by atoms with Crippen LogP contribution in [0.5, 0.6) is 5.75 Å². The molecule has 2 N–H and O–H groups in total. The summed E-state index contributed by atoms with van der Waals surface area (Å²) in [6, 6.07) is 12.7. The van der Waals surface area contributed by atoms with E-state index in [9.17, 15) is 19.5 Å². The average molecular weight is 474 g/mol. The fourth-order valence-corrected chi connectivity index (χ4v) is 3.75. The number of benzene rings is 2. The summed E-state index contributed by atoms with van der Waals surface area (Å²) in [4.78, 5) is 37.9. The van der Waals surface area contributed by atoms with Crippen LogP contribution in [-0.4, -0.2) is 46.4 Å². The molecule has 2 aromatic rings. The number of Topliss-reactive ketones (excluding diaryl/α,β-unsaturated/α-hetero) is 1. The van der Waals surface area contributed by atoms with Crippen LogP contribution in [0.3, 0.4) is 0 Å². The van der Waals surface area contributed by atoms with Gasteiger partial charge in [-0.2, -0.15) is 0 Å². The molecule has 30 heavy (non-hydrogen) atoms. The van der Waals surface area contributed by atoms with Crippen molar-refractivity contribution in [3.05, 3.63) is 69.7 Å². The molecular weight excluding hydrogens is 454 g/mol. The second-order valence-electron chi connectivity index (χ2n) is 6.74. The van der Waals surface area contributed by atoms with Gasteiger partial charge in [-0.05, 0) is 24.6 Å². The molecule has 1 aliphatic rings. The molecule has 156 valence electrons. The number of aliphatic carboxylic acids is 1. The molecule has 3 rings (SSSR count). The maximum atomic E-state index is 12.9. The number of nitrogens with zero attached hydrogens (tertiary/aromatic N) is 1. The Balaban J connectivity index is 2.14. The lowest BCUT2D eigenvalue weighted by molar-refractivity contribution is -0.140. The molecule has 1 aliphatic heterocycles. The third kappa shape index (κ3) is 4.23. The molecule has 0 bridgehead atoms. The Kier molecular flexibility index (Phi) is 6.56. The number of ether oxygens (including phenoxy) is 1. The first-order chi connectivity index (χ1) is 14.3. The normalized spacial score (nSPS) is 17.9. The number of likely N-dealkylation sites (tertiary alicyclic amines) is 1. The molecule has 1 fully saturated rings. The number of aliphatic hydroxyl groups is 1. The van der Waals surface area contributed by atoms with Crippen molar-refractivity contribution in [2.75, 3.05) is 13.7 Å². The number of aliphatic hydroxyl groups excluding tert-OH is 1. The van der Waals surface area contributed by atoms with Crippen LogP contribution in [0.4, 0.5) is 0 Å². The SMILES string of the molecule is COc1ccccc1C1/C(=C(/O)c2ccc(Br)cc2)C(=O)C(=O)N1CCCC(=O)O. The van der Waals surface area contributed by atoms with E-state index in [1.54, 1.807) is 48.5 Å². The van der Waals surface area contributed by atoms with Crippen molar-refractivity contribution >= 4 is 39.3 Å². The summed E-state index contributed by atoms with van der Waals surface area (Å²) in [6.45, 7) is 0.0523. The van der Waals surface area contributed by atoms with Gasteiger partial charge in [0, 0.05) is 28.6 Å². The molecule has 1 amide bonds. The Morgan fingerprint density at radius 1 is 1.10 bits per heavy atom. The Bertz CT molecular complexity index is 1010. The smallest absolute Gasteiger partial charge is 0.303 e. The average Bonchev–Trinajstić information content (AvgIpc) is 2.98. The maximum Gasteiger partial charge on any atom is 0.303 e. The van der Waals surface area contributed by atoms with E-state index < -0.39 is 23.7 Å². The van der Waals surface area contributed by atoms with E-state index >= 15 is 0 Å². The van der Waals surface area contributed by atoms with Gasteiger partial charge in [0.2, 0.25) is 0 Å². The lowest BCUT2D eigenvalue weighted by Gasteiger charge is -2.26. The van der Waals surface area contributed by atoms with Crippen LogP contribution in [0.1, 0.15) is 30.0 Å². The molecule has 0 saturated carbocycles. The third-order valence-electron chi connectivity index (χ3n) is 4.88. The van der Waals surface area contributed by atoms with Gasteiger partial charge in [0.05, 0.1) is 18.7 Å². The maximum absolute atomic E-state index is 12.9. The molecule has 1 unspecified atom stereocenters. The van der Waals surface area contributed by atoms with Gasteiger partial charge in [-0.1, -0.05) is 46.3 Å². The zero-order chi connectivity index (χ0) is 21.8. The van der Waals surface area contributed by atoms with Crippen LogP contribution in [0.15, 0.2) is 58.6 Å². The number of carbonyl (C=O) groups excluding carboxylic acids is 2. The number of hydrogen-bond acceptors (Lipinski definition) is 5. The summed E-state index contributed by atoms with van der Waals surface area (Å²) in [5.74, 6) is -2.43. The number of amides is 1. The lowest BCUT2D eigenvalue weighted by atomic mass is 9.94. The van der Waals surface area contributed by atoms with E-state index in [1.807, 2.05) is 0 Å². The topological polar surface area (TPSA) is 104 Å². The van der Waals surface area contributed by atoms with Crippen molar-refractivity contribution in [3.63, 3.8) is 0 Å². The van der Waals surface area contributed by atoms with E-state index in [-0.39, 0.29) is 30.7 Å². The van der Waals surface area contributed by atoms with E-state index in [2.05, 4.69) is 15.9 Å².